The molecule has 0 aliphatic carbocycles. The van der Waals surface area contributed by atoms with Crippen LogP contribution in [0, 0.1) is 23.3 Å². The topological polar surface area (TPSA) is 190 Å². The highest BCUT2D eigenvalue weighted by Crippen LogP contribution is 2.24. The number of carbonyl (C=O) groups is 4. The molecule has 0 spiro atoms. The molecular formula is C41H54N6O10Si. The van der Waals surface area contributed by atoms with Crippen molar-refractivity contribution < 1.29 is 47.6 Å². The molecule has 0 unspecified atom stereocenters. The molecule has 0 fully saturated rings. The van der Waals surface area contributed by atoms with E-state index >= 15 is 0 Å². The van der Waals surface area contributed by atoms with Gasteiger partial charge in [0, 0.05) is 5.56 Å². The molecule has 3 rings (SSSR count). The van der Waals surface area contributed by atoms with Gasteiger partial charge in [-0.05, 0) is 92.6 Å². The summed E-state index contributed by atoms with van der Waals surface area (Å²) < 4.78 is 34.5. The summed E-state index contributed by atoms with van der Waals surface area (Å²) in [4.78, 5) is 60.4. The summed E-state index contributed by atoms with van der Waals surface area (Å²) >= 11 is 0. The number of nitrogens with zero attached hydrogens (tertiary/aromatic N) is 4. The number of alkyl carbamates (subject to hydrolysis) is 2. The molecule has 0 aliphatic heterocycles. The van der Waals surface area contributed by atoms with Gasteiger partial charge in [-0.1, -0.05) is 37.4 Å². The molecule has 0 atom stereocenters. The average molecular weight is 819 g/mol. The van der Waals surface area contributed by atoms with E-state index in [4.69, 9.17) is 28.4 Å². The Labute approximate surface area is 340 Å². The molecule has 1 aromatic carbocycles. The number of nitrogens with one attached hydrogen (secondary N) is 2. The number of ether oxygens (including phenoxy) is 6. The number of guanidine groups is 1. The number of amides is 2. The van der Waals surface area contributed by atoms with Crippen LogP contribution < -0.4 is 15.4 Å². The molecule has 0 bridgehead atoms. The normalized spacial score (nSPS) is 11.6. The Morgan fingerprint density at radius 1 is 0.793 bits per heavy atom. The number of carbonyl (C=O) groups excluding carboxylic acids is 4. The van der Waals surface area contributed by atoms with Crippen LogP contribution in [0.5, 0.6) is 5.75 Å². The third-order valence-corrected chi connectivity index (χ3v) is 7.45. The average Bonchev–Trinajstić information content (AvgIpc) is 3.55. The molecule has 16 nitrogen and oxygen atoms in total. The molecule has 2 N–H and O–H groups in total. The lowest BCUT2D eigenvalue weighted by molar-refractivity contribution is -0.154. The van der Waals surface area contributed by atoms with E-state index in [1.165, 1.54) is 35.1 Å². The standard InChI is InChI=1S/C41H54N6O10Si/c1-39(2,3)55-33(48)26-30-17-19-32(34-42-27-43-47(30)34)54-35(49)31-18-16-29(25-28(31)15-13-20-52-22-23-53-21-14-24-58(10,11)12)44-36(45-37(50)56-40(4,5)6)46-38(51)57-41(7,8)9/h16-19,25,27H,20-23,26H2,1-12H3,(H2,44,45,46,50,51). The number of pyridine rings is 1. The summed E-state index contributed by atoms with van der Waals surface area (Å²) in [7, 11) is -1.48. The molecule has 0 saturated carbocycles. The van der Waals surface area contributed by atoms with Gasteiger partial charge in [0.1, 0.15) is 44.4 Å². The van der Waals surface area contributed by atoms with Gasteiger partial charge in [-0.3, -0.25) is 15.4 Å². The Kier molecular flexibility index (Phi) is 16.2. The van der Waals surface area contributed by atoms with E-state index in [9.17, 15) is 19.2 Å². The zero-order valence-electron chi connectivity index (χ0n) is 35.4. The molecular weight excluding hydrogens is 765 g/mol. The van der Waals surface area contributed by atoms with E-state index < -0.39 is 49.0 Å². The molecule has 0 saturated heterocycles. The molecule has 17 heteroatoms. The van der Waals surface area contributed by atoms with E-state index in [2.05, 4.69) is 68.7 Å². The first kappa shape index (κ1) is 46.6. The van der Waals surface area contributed by atoms with Crippen LogP contribution in [0.2, 0.25) is 19.6 Å². The first-order valence-electron chi connectivity index (χ1n) is 18.5. The summed E-state index contributed by atoms with van der Waals surface area (Å²) in [5.74, 6) is 7.36. The zero-order valence-corrected chi connectivity index (χ0v) is 36.4. The van der Waals surface area contributed by atoms with Gasteiger partial charge >= 0.3 is 24.1 Å². The van der Waals surface area contributed by atoms with E-state index in [-0.39, 0.29) is 53.8 Å². The van der Waals surface area contributed by atoms with Crippen LogP contribution in [0.3, 0.4) is 0 Å². The predicted octanol–water partition coefficient (Wildman–Crippen LogP) is 6.14. The Balaban J connectivity index is 1.94. The van der Waals surface area contributed by atoms with Crippen LogP contribution >= 0.6 is 0 Å². The molecule has 0 radical (unpaired) electrons. The number of fused-ring (bicyclic) bond motifs is 1. The van der Waals surface area contributed by atoms with Gasteiger partial charge in [-0.15, -0.1) is 5.54 Å². The van der Waals surface area contributed by atoms with Crippen molar-refractivity contribution in [1.82, 2.24) is 25.2 Å². The highest BCUT2D eigenvalue weighted by molar-refractivity contribution is 6.83. The molecule has 0 aliphatic rings. The van der Waals surface area contributed by atoms with Gasteiger partial charge in [0.2, 0.25) is 5.96 Å². The summed E-state index contributed by atoms with van der Waals surface area (Å²) in [6.07, 6.45) is -0.594. The van der Waals surface area contributed by atoms with Crippen molar-refractivity contribution in [3.8, 4) is 29.1 Å². The Morgan fingerprint density at radius 2 is 1.38 bits per heavy atom. The lowest BCUT2D eigenvalue weighted by atomic mass is 10.1. The van der Waals surface area contributed by atoms with Gasteiger partial charge in [0.05, 0.1) is 36.6 Å². The predicted molar refractivity (Wildman–Crippen MR) is 219 cm³/mol. The monoisotopic (exact) mass is 818 g/mol. The highest BCUT2D eigenvalue weighted by atomic mass is 28.3. The van der Waals surface area contributed by atoms with Crippen LogP contribution in [0.1, 0.15) is 83.9 Å². The molecule has 58 heavy (non-hydrogen) atoms. The maximum atomic E-state index is 13.8. The first-order chi connectivity index (χ1) is 26.9. The van der Waals surface area contributed by atoms with Crippen LogP contribution in [-0.4, -0.2) is 96.0 Å². The minimum Gasteiger partial charge on any atom is -0.460 e. The third-order valence-electron chi connectivity index (χ3n) is 6.52. The van der Waals surface area contributed by atoms with Gasteiger partial charge < -0.3 is 28.4 Å². The fraction of sp³-hybridized carbons (Fsp3) is 0.488. The Hall–Kier alpha value is -5.75. The van der Waals surface area contributed by atoms with Gasteiger partial charge in [0.15, 0.2) is 11.4 Å². The lowest BCUT2D eigenvalue weighted by Crippen LogP contribution is -2.47. The van der Waals surface area contributed by atoms with Gasteiger partial charge in [0.25, 0.3) is 0 Å². The van der Waals surface area contributed by atoms with Crippen molar-refractivity contribution in [3.05, 3.63) is 53.5 Å². The number of esters is 2. The van der Waals surface area contributed by atoms with Gasteiger partial charge in [-0.2, -0.15) is 5.10 Å². The van der Waals surface area contributed by atoms with E-state index in [0.717, 1.165) is 0 Å². The largest absolute Gasteiger partial charge is 0.460 e. The Morgan fingerprint density at radius 3 is 1.95 bits per heavy atom. The minimum atomic E-state index is -1.48. The lowest BCUT2D eigenvalue weighted by Gasteiger charge is -2.22. The van der Waals surface area contributed by atoms with Crippen molar-refractivity contribution in [2.75, 3.05) is 26.4 Å². The smallest absolute Gasteiger partial charge is 0.414 e. The van der Waals surface area contributed by atoms with Gasteiger partial charge in [-0.25, -0.2) is 28.9 Å². The Bertz CT molecular complexity index is 2080. The number of benzene rings is 1. The molecule has 2 amide bonds. The zero-order chi connectivity index (χ0) is 43.3. The van der Waals surface area contributed by atoms with Crippen LogP contribution in [-0.2, 0) is 34.9 Å². The molecule has 312 valence electrons. The summed E-state index contributed by atoms with van der Waals surface area (Å²) in [6, 6.07) is 7.45. The maximum absolute atomic E-state index is 13.8. The number of hydrogen-bond acceptors (Lipinski definition) is 13. The van der Waals surface area contributed by atoms with Crippen LogP contribution in [0.4, 0.5) is 15.3 Å². The van der Waals surface area contributed by atoms with Crippen LogP contribution in [0.25, 0.3) is 5.65 Å². The van der Waals surface area contributed by atoms with Crippen molar-refractivity contribution in [2.45, 2.75) is 105 Å². The van der Waals surface area contributed by atoms with Crippen molar-refractivity contribution in [3.63, 3.8) is 0 Å². The number of aromatic nitrogens is 3. The van der Waals surface area contributed by atoms with Crippen molar-refractivity contribution in [2.24, 2.45) is 4.99 Å². The van der Waals surface area contributed by atoms with Crippen LogP contribution in [0.15, 0.2) is 41.7 Å². The number of rotatable bonds is 10. The van der Waals surface area contributed by atoms with E-state index in [0.29, 0.717) is 18.9 Å². The van der Waals surface area contributed by atoms with Crippen molar-refractivity contribution in [1.29, 1.82) is 0 Å². The number of aliphatic imine (C=N–C) groups is 1. The highest BCUT2D eigenvalue weighted by Gasteiger charge is 2.23. The quantitative estimate of drug-likeness (QED) is 0.0453. The summed E-state index contributed by atoms with van der Waals surface area (Å²) in [5, 5.41) is 9.06. The second kappa shape index (κ2) is 20.1. The fourth-order valence-electron chi connectivity index (χ4n) is 4.53. The maximum Gasteiger partial charge on any atom is 0.414 e. The minimum absolute atomic E-state index is 0.00292. The second-order valence-corrected chi connectivity index (χ2v) is 21.5. The van der Waals surface area contributed by atoms with Crippen molar-refractivity contribution >= 4 is 49.5 Å². The SMILES string of the molecule is CC(C)(C)OC(=O)Cc1ccc(OC(=O)c2ccc(N=C(NC(=O)OC(C)(C)C)NC(=O)OC(C)(C)C)cc2C#CCOCCOCC#C[Si](C)(C)C)c2ncnn12. The fourth-order valence-corrected chi connectivity index (χ4v) is 5.13. The first-order valence-corrected chi connectivity index (χ1v) is 22.0. The molecule has 3 aromatic rings. The third kappa shape index (κ3) is 17.6. The summed E-state index contributed by atoms with van der Waals surface area (Å²) in [6.45, 7) is 22.7. The van der Waals surface area contributed by atoms with E-state index in [1.54, 1.807) is 68.4 Å². The number of hydrogen-bond donors (Lipinski definition) is 2. The second-order valence-electron chi connectivity index (χ2n) is 16.7. The molecule has 2 heterocycles. The van der Waals surface area contributed by atoms with E-state index in [1.807, 2.05) is 0 Å². The molecule has 2 aromatic heterocycles. The summed E-state index contributed by atoms with van der Waals surface area (Å²) in [5.41, 5.74) is 1.93.